The van der Waals surface area contributed by atoms with E-state index in [1.54, 1.807) is 18.4 Å². The van der Waals surface area contributed by atoms with Crippen LogP contribution in [0.4, 0.5) is 0 Å². The Morgan fingerprint density at radius 2 is 2.20 bits per heavy atom. The number of hydrogen-bond acceptors (Lipinski definition) is 4. The fraction of sp³-hybridized carbons (Fsp3) is 0.333. The lowest BCUT2D eigenvalue weighted by Gasteiger charge is -2.08. The normalized spacial score (nSPS) is 10.5. The number of carbonyl (C=O) groups excluding carboxylic acids is 1. The molecule has 0 aromatic carbocycles. The molecule has 1 amide bonds. The smallest absolute Gasteiger partial charge is 0.253 e. The molecule has 0 fully saturated rings. The van der Waals surface area contributed by atoms with Crippen molar-refractivity contribution in [2.45, 2.75) is 19.8 Å². The monoisotopic (exact) mass is 273 g/mol. The molecule has 0 spiro atoms. The Bertz CT molecular complexity index is 565. The fourth-order valence-corrected chi connectivity index (χ4v) is 1.93. The molecule has 0 aliphatic rings. The molecule has 0 saturated carbocycles. The first-order valence-corrected chi connectivity index (χ1v) is 6.72. The molecular formula is C15H19N3O2. The molecule has 0 bridgehead atoms. The molecule has 0 radical (unpaired) electrons. The van der Waals surface area contributed by atoms with Crippen LogP contribution in [-0.2, 0) is 0 Å². The number of aryl methyl sites for hydroxylation is 1. The Kier molecular flexibility index (Phi) is 4.90. The van der Waals surface area contributed by atoms with E-state index in [1.807, 2.05) is 19.1 Å². The van der Waals surface area contributed by atoms with Crippen molar-refractivity contribution in [2.75, 3.05) is 13.1 Å². The molecule has 0 aliphatic heterocycles. The van der Waals surface area contributed by atoms with Crippen LogP contribution in [0, 0.1) is 6.92 Å². The average molecular weight is 273 g/mol. The topological polar surface area (TPSA) is 81.2 Å². The molecule has 106 valence electrons. The molecule has 2 aromatic rings. The highest BCUT2D eigenvalue weighted by atomic mass is 16.3. The summed E-state index contributed by atoms with van der Waals surface area (Å²) in [5.74, 6) is 0.598. The Morgan fingerprint density at radius 1 is 1.35 bits per heavy atom. The number of nitrogens with one attached hydrogen (secondary N) is 1. The van der Waals surface area contributed by atoms with E-state index in [1.165, 1.54) is 0 Å². The van der Waals surface area contributed by atoms with Gasteiger partial charge in [0.1, 0.15) is 5.69 Å². The standard InChI is InChI=1S/C15H19N3O2/c1-11-12(15(19)17-9-3-2-8-16)6-7-13(18-11)14-5-4-10-20-14/h4-7,10H,2-3,8-9,16H2,1H3,(H,17,19). The van der Waals surface area contributed by atoms with Crippen LogP contribution in [0.1, 0.15) is 28.9 Å². The SMILES string of the molecule is Cc1nc(-c2ccco2)ccc1C(=O)NCCCCN. The largest absolute Gasteiger partial charge is 0.463 e. The Balaban J connectivity index is 2.04. The summed E-state index contributed by atoms with van der Waals surface area (Å²) >= 11 is 0. The number of nitrogens with two attached hydrogens (primary N) is 1. The van der Waals surface area contributed by atoms with E-state index in [-0.39, 0.29) is 5.91 Å². The van der Waals surface area contributed by atoms with E-state index in [2.05, 4.69) is 10.3 Å². The summed E-state index contributed by atoms with van der Waals surface area (Å²) in [7, 11) is 0. The van der Waals surface area contributed by atoms with E-state index >= 15 is 0 Å². The van der Waals surface area contributed by atoms with Crippen molar-refractivity contribution in [2.24, 2.45) is 5.73 Å². The van der Waals surface area contributed by atoms with Crippen LogP contribution in [0.25, 0.3) is 11.5 Å². The van der Waals surface area contributed by atoms with Crippen LogP contribution in [0.2, 0.25) is 0 Å². The van der Waals surface area contributed by atoms with Crippen molar-refractivity contribution in [3.63, 3.8) is 0 Å². The Morgan fingerprint density at radius 3 is 2.85 bits per heavy atom. The zero-order chi connectivity index (χ0) is 14.4. The van der Waals surface area contributed by atoms with Crippen molar-refractivity contribution in [3.8, 4) is 11.5 Å². The summed E-state index contributed by atoms with van der Waals surface area (Å²) in [6.07, 6.45) is 3.40. The maximum absolute atomic E-state index is 12.0. The molecule has 2 aromatic heterocycles. The van der Waals surface area contributed by atoms with Gasteiger partial charge >= 0.3 is 0 Å². The van der Waals surface area contributed by atoms with Crippen LogP contribution < -0.4 is 11.1 Å². The van der Waals surface area contributed by atoms with Gasteiger partial charge in [-0.25, -0.2) is 4.98 Å². The van der Waals surface area contributed by atoms with Gasteiger partial charge in [0.2, 0.25) is 0 Å². The highest BCUT2D eigenvalue weighted by Crippen LogP contribution is 2.19. The lowest BCUT2D eigenvalue weighted by Crippen LogP contribution is -2.25. The van der Waals surface area contributed by atoms with Gasteiger partial charge in [0.05, 0.1) is 17.5 Å². The number of unbranched alkanes of at least 4 members (excludes halogenated alkanes) is 1. The van der Waals surface area contributed by atoms with Gasteiger partial charge in [0.15, 0.2) is 5.76 Å². The molecule has 0 unspecified atom stereocenters. The minimum atomic E-state index is -0.0991. The predicted molar refractivity (Wildman–Crippen MR) is 77.3 cm³/mol. The van der Waals surface area contributed by atoms with Crippen molar-refractivity contribution < 1.29 is 9.21 Å². The first kappa shape index (κ1) is 14.3. The summed E-state index contributed by atoms with van der Waals surface area (Å²) in [6, 6.07) is 7.22. The Labute approximate surface area is 118 Å². The predicted octanol–water partition coefficient (Wildman–Crippen LogP) is 2.12. The summed E-state index contributed by atoms with van der Waals surface area (Å²) in [6.45, 7) is 3.10. The molecule has 0 saturated heterocycles. The van der Waals surface area contributed by atoms with Gasteiger partial charge in [-0.1, -0.05) is 0 Å². The van der Waals surface area contributed by atoms with E-state index < -0.39 is 0 Å². The van der Waals surface area contributed by atoms with Crippen molar-refractivity contribution in [3.05, 3.63) is 41.8 Å². The molecule has 2 rings (SSSR count). The number of nitrogens with zero attached hydrogens (tertiary/aromatic N) is 1. The zero-order valence-corrected chi connectivity index (χ0v) is 11.6. The fourth-order valence-electron chi connectivity index (χ4n) is 1.93. The van der Waals surface area contributed by atoms with Crippen LogP contribution in [0.15, 0.2) is 34.9 Å². The summed E-state index contributed by atoms with van der Waals surface area (Å²) < 4.78 is 5.29. The van der Waals surface area contributed by atoms with Crippen LogP contribution in [0.3, 0.4) is 0 Å². The first-order valence-electron chi connectivity index (χ1n) is 6.72. The molecule has 5 nitrogen and oxygen atoms in total. The molecule has 2 heterocycles. The van der Waals surface area contributed by atoms with Gasteiger partial charge in [-0.15, -0.1) is 0 Å². The van der Waals surface area contributed by atoms with Crippen molar-refractivity contribution >= 4 is 5.91 Å². The second-order valence-electron chi connectivity index (χ2n) is 4.56. The highest BCUT2D eigenvalue weighted by Gasteiger charge is 2.11. The number of hydrogen-bond donors (Lipinski definition) is 2. The summed E-state index contributed by atoms with van der Waals surface area (Å²) in [4.78, 5) is 16.4. The quantitative estimate of drug-likeness (QED) is 0.790. The van der Waals surface area contributed by atoms with Gasteiger partial charge in [-0.3, -0.25) is 4.79 Å². The van der Waals surface area contributed by atoms with E-state index in [0.29, 0.717) is 30.1 Å². The number of rotatable bonds is 6. The van der Waals surface area contributed by atoms with Gasteiger partial charge in [0.25, 0.3) is 5.91 Å². The molecule has 3 N–H and O–H groups in total. The third-order valence-corrected chi connectivity index (χ3v) is 3.02. The highest BCUT2D eigenvalue weighted by molar-refractivity contribution is 5.95. The van der Waals surface area contributed by atoms with Gasteiger partial charge in [-0.05, 0) is 50.6 Å². The second-order valence-corrected chi connectivity index (χ2v) is 4.56. The number of furan rings is 1. The molecule has 0 atom stereocenters. The van der Waals surface area contributed by atoms with Crippen LogP contribution in [0.5, 0.6) is 0 Å². The molecular weight excluding hydrogens is 254 g/mol. The summed E-state index contributed by atoms with van der Waals surface area (Å²) in [5.41, 5.74) is 7.42. The Hall–Kier alpha value is -2.14. The average Bonchev–Trinajstić information content (AvgIpc) is 2.97. The van der Waals surface area contributed by atoms with Crippen LogP contribution >= 0.6 is 0 Å². The van der Waals surface area contributed by atoms with Crippen molar-refractivity contribution in [1.29, 1.82) is 0 Å². The van der Waals surface area contributed by atoms with Crippen molar-refractivity contribution in [1.82, 2.24) is 10.3 Å². The third kappa shape index (κ3) is 3.45. The maximum Gasteiger partial charge on any atom is 0.253 e. The molecule has 0 aliphatic carbocycles. The first-order chi connectivity index (χ1) is 9.72. The zero-order valence-electron chi connectivity index (χ0n) is 11.6. The lowest BCUT2D eigenvalue weighted by atomic mass is 10.1. The van der Waals surface area contributed by atoms with E-state index in [4.69, 9.17) is 10.2 Å². The number of aromatic nitrogens is 1. The lowest BCUT2D eigenvalue weighted by molar-refractivity contribution is 0.0952. The van der Waals surface area contributed by atoms with Crippen LogP contribution in [-0.4, -0.2) is 24.0 Å². The molecule has 20 heavy (non-hydrogen) atoms. The second kappa shape index (κ2) is 6.86. The minimum Gasteiger partial charge on any atom is -0.463 e. The third-order valence-electron chi connectivity index (χ3n) is 3.02. The maximum atomic E-state index is 12.0. The number of amides is 1. The number of carbonyl (C=O) groups is 1. The number of pyridine rings is 1. The van der Waals surface area contributed by atoms with Gasteiger partial charge in [-0.2, -0.15) is 0 Å². The van der Waals surface area contributed by atoms with Gasteiger partial charge < -0.3 is 15.5 Å². The van der Waals surface area contributed by atoms with Gasteiger partial charge in [0, 0.05) is 6.54 Å². The van der Waals surface area contributed by atoms with E-state index in [9.17, 15) is 4.79 Å². The summed E-state index contributed by atoms with van der Waals surface area (Å²) in [5, 5.41) is 2.87. The minimum absolute atomic E-state index is 0.0991. The van der Waals surface area contributed by atoms with E-state index in [0.717, 1.165) is 18.5 Å². The molecule has 5 heteroatoms.